The van der Waals surface area contributed by atoms with Crippen LogP contribution in [0.4, 0.5) is 0 Å². The van der Waals surface area contributed by atoms with Crippen LogP contribution < -0.4 is 0 Å². The van der Waals surface area contributed by atoms with Crippen molar-refractivity contribution in [3.8, 4) is 0 Å². The van der Waals surface area contributed by atoms with Crippen molar-refractivity contribution >= 4 is 44.4 Å². The van der Waals surface area contributed by atoms with Crippen LogP contribution in [0.2, 0.25) is 0 Å². The molecular weight excluding hydrogens is 381 g/mol. The Labute approximate surface area is 119 Å². The molecule has 0 radical (unpaired) electrons. The number of amides is 1. The molecule has 0 saturated carbocycles. The third-order valence-corrected chi connectivity index (χ3v) is 3.75. The van der Waals surface area contributed by atoms with Gasteiger partial charge in [-0.05, 0) is 77.5 Å². The summed E-state index contributed by atoms with van der Waals surface area (Å²) in [7, 11) is 0. The van der Waals surface area contributed by atoms with Gasteiger partial charge in [0.25, 0.3) is 5.91 Å². The second kappa shape index (κ2) is 6.00. The van der Waals surface area contributed by atoms with Gasteiger partial charge in [-0.15, -0.1) is 0 Å². The van der Waals surface area contributed by atoms with Gasteiger partial charge in [-0.3, -0.25) is 4.79 Å². The summed E-state index contributed by atoms with van der Waals surface area (Å²) in [5.41, 5.74) is 0.738. The van der Waals surface area contributed by atoms with Crippen LogP contribution in [0.15, 0.2) is 22.7 Å². The molecule has 0 bridgehead atoms. The molecule has 16 heavy (non-hydrogen) atoms. The number of carbonyl (C=O) groups excluding carboxylic acids is 1. The summed E-state index contributed by atoms with van der Waals surface area (Å²) in [5.74, 6) is 0.0860. The van der Waals surface area contributed by atoms with Gasteiger partial charge in [0.1, 0.15) is 0 Å². The molecule has 88 valence electrons. The van der Waals surface area contributed by atoms with E-state index in [1.807, 2.05) is 43.9 Å². The summed E-state index contributed by atoms with van der Waals surface area (Å²) in [5, 5.41) is 0. The molecule has 0 heterocycles. The largest absolute Gasteiger partial charge is 0.336 e. The molecule has 1 aromatic carbocycles. The molecule has 0 aliphatic rings. The van der Waals surface area contributed by atoms with Crippen molar-refractivity contribution in [2.45, 2.75) is 26.8 Å². The minimum atomic E-state index is 0.0860. The average Bonchev–Trinajstić information content (AvgIpc) is 2.22. The van der Waals surface area contributed by atoms with E-state index in [9.17, 15) is 4.79 Å². The van der Waals surface area contributed by atoms with Crippen LogP contribution in [-0.2, 0) is 0 Å². The van der Waals surface area contributed by atoms with Crippen LogP contribution >= 0.6 is 38.5 Å². The Bertz CT molecular complexity index is 393. The minimum absolute atomic E-state index is 0.0860. The fourth-order valence-electron chi connectivity index (χ4n) is 1.56. The normalized spacial score (nSPS) is 10.6. The van der Waals surface area contributed by atoms with Crippen molar-refractivity contribution < 1.29 is 4.79 Å². The number of hydrogen-bond donors (Lipinski definition) is 0. The highest BCUT2D eigenvalue weighted by Crippen LogP contribution is 2.21. The second-order valence-corrected chi connectivity index (χ2v) is 5.91. The van der Waals surface area contributed by atoms with Crippen LogP contribution in [0.3, 0.4) is 0 Å². The van der Waals surface area contributed by atoms with Gasteiger partial charge in [-0.2, -0.15) is 0 Å². The first-order valence-corrected chi connectivity index (χ1v) is 7.10. The monoisotopic (exact) mass is 395 g/mol. The van der Waals surface area contributed by atoms with Gasteiger partial charge in [0.05, 0.1) is 5.56 Å². The van der Waals surface area contributed by atoms with Crippen molar-refractivity contribution in [2.75, 3.05) is 6.54 Å². The van der Waals surface area contributed by atoms with Crippen LogP contribution in [0, 0.1) is 3.57 Å². The lowest BCUT2D eigenvalue weighted by Gasteiger charge is -2.25. The van der Waals surface area contributed by atoms with E-state index < -0.39 is 0 Å². The van der Waals surface area contributed by atoms with Crippen molar-refractivity contribution in [1.82, 2.24) is 4.90 Å². The van der Waals surface area contributed by atoms with Gasteiger partial charge in [0, 0.05) is 20.6 Å². The lowest BCUT2D eigenvalue weighted by atomic mass is 10.2. The van der Waals surface area contributed by atoms with Crippen molar-refractivity contribution in [2.24, 2.45) is 0 Å². The predicted molar refractivity (Wildman–Crippen MR) is 78.7 cm³/mol. The fourth-order valence-corrected chi connectivity index (χ4v) is 2.47. The minimum Gasteiger partial charge on any atom is -0.336 e. The zero-order valence-electron chi connectivity index (χ0n) is 9.63. The molecule has 0 atom stereocenters. The predicted octanol–water partition coefficient (Wildman–Crippen LogP) is 3.92. The molecule has 0 saturated heterocycles. The first-order chi connectivity index (χ1) is 7.47. The highest BCUT2D eigenvalue weighted by Gasteiger charge is 2.19. The molecule has 0 aromatic heterocycles. The lowest BCUT2D eigenvalue weighted by Crippen LogP contribution is -2.36. The van der Waals surface area contributed by atoms with Crippen molar-refractivity contribution in [3.63, 3.8) is 0 Å². The Hall–Kier alpha value is -0.100. The third-order valence-electron chi connectivity index (χ3n) is 2.38. The first-order valence-electron chi connectivity index (χ1n) is 5.23. The van der Waals surface area contributed by atoms with Gasteiger partial charge in [-0.25, -0.2) is 0 Å². The topological polar surface area (TPSA) is 20.3 Å². The van der Waals surface area contributed by atoms with Crippen molar-refractivity contribution in [3.05, 3.63) is 31.8 Å². The van der Waals surface area contributed by atoms with Crippen LogP contribution in [0.5, 0.6) is 0 Å². The summed E-state index contributed by atoms with van der Waals surface area (Å²) in [4.78, 5) is 14.1. The molecule has 1 amide bonds. The molecule has 0 spiro atoms. The summed E-state index contributed by atoms with van der Waals surface area (Å²) in [6.07, 6.45) is 0. The Balaban J connectivity index is 3.08. The van der Waals surface area contributed by atoms with Gasteiger partial charge >= 0.3 is 0 Å². The van der Waals surface area contributed by atoms with Gasteiger partial charge in [0.2, 0.25) is 0 Å². The second-order valence-electron chi connectivity index (χ2n) is 3.81. The Morgan fingerprint density at radius 3 is 2.62 bits per heavy atom. The maximum absolute atomic E-state index is 12.3. The summed E-state index contributed by atoms with van der Waals surface area (Å²) < 4.78 is 1.93. The first kappa shape index (κ1) is 14.0. The summed E-state index contributed by atoms with van der Waals surface area (Å²) in [6.45, 7) is 6.79. The molecule has 1 aromatic rings. The zero-order chi connectivity index (χ0) is 12.3. The lowest BCUT2D eigenvalue weighted by molar-refractivity contribution is 0.0716. The summed E-state index contributed by atoms with van der Waals surface area (Å²) >= 11 is 5.64. The van der Waals surface area contributed by atoms with E-state index in [0.29, 0.717) is 0 Å². The van der Waals surface area contributed by atoms with E-state index >= 15 is 0 Å². The highest BCUT2D eigenvalue weighted by atomic mass is 127. The Morgan fingerprint density at radius 1 is 1.50 bits per heavy atom. The number of halogens is 2. The Kier molecular flexibility index (Phi) is 5.24. The smallest absolute Gasteiger partial charge is 0.255 e. The number of nitrogens with zero attached hydrogens (tertiary/aromatic N) is 1. The number of rotatable bonds is 3. The quantitative estimate of drug-likeness (QED) is 0.710. The van der Waals surface area contributed by atoms with E-state index in [2.05, 4.69) is 38.5 Å². The van der Waals surface area contributed by atoms with E-state index in [-0.39, 0.29) is 11.9 Å². The SMILES string of the molecule is CCN(C(=O)c1cc(I)ccc1Br)C(C)C. The molecule has 0 aliphatic heterocycles. The Morgan fingerprint density at radius 2 is 2.12 bits per heavy atom. The van der Waals surface area contributed by atoms with E-state index in [0.717, 1.165) is 20.2 Å². The van der Waals surface area contributed by atoms with Crippen LogP contribution in [0.25, 0.3) is 0 Å². The molecule has 1 rings (SSSR count). The molecule has 0 aliphatic carbocycles. The third kappa shape index (κ3) is 3.20. The fraction of sp³-hybridized carbons (Fsp3) is 0.417. The number of benzene rings is 1. The van der Waals surface area contributed by atoms with Crippen LogP contribution in [0.1, 0.15) is 31.1 Å². The standard InChI is InChI=1S/C12H15BrINO/c1-4-15(8(2)3)12(16)10-7-9(14)5-6-11(10)13/h5-8H,4H2,1-3H3. The maximum Gasteiger partial charge on any atom is 0.255 e. The maximum atomic E-state index is 12.3. The molecule has 4 heteroatoms. The molecule has 2 nitrogen and oxygen atoms in total. The number of carbonyl (C=O) groups is 1. The summed E-state index contributed by atoms with van der Waals surface area (Å²) in [6, 6.07) is 6.04. The number of hydrogen-bond acceptors (Lipinski definition) is 1. The van der Waals surface area contributed by atoms with E-state index in [4.69, 9.17) is 0 Å². The molecule has 0 fully saturated rings. The molecule has 0 unspecified atom stereocenters. The molecule has 0 N–H and O–H groups in total. The van der Waals surface area contributed by atoms with Gasteiger partial charge in [-0.1, -0.05) is 0 Å². The zero-order valence-corrected chi connectivity index (χ0v) is 13.4. The van der Waals surface area contributed by atoms with E-state index in [1.165, 1.54) is 0 Å². The van der Waals surface area contributed by atoms with E-state index in [1.54, 1.807) is 0 Å². The highest BCUT2D eigenvalue weighted by molar-refractivity contribution is 14.1. The molecular formula is C12H15BrINO. The van der Waals surface area contributed by atoms with Gasteiger partial charge < -0.3 is 4.90 Å². The average molecular weight is 396 g/mol. The van der Waals surface area contributed by atoms with Gasteiger partial charge in [0.15, 0.2) is 0 Å². The van der Waals surface area contributed by atoms with Crippen LogP contribution in [-0.4, -0.2) is 23.4 Å². The van der Waals surface area contributed by atoms with Crippen molar-refractivity contribution in [1.29, 1.82) is 0 Å².